The summed E-state index contributed by atoms with van der Waals surface area (Å²) in [5.41, 5.74) is 0.292. The van der Waals surface area contributed by atoms with Gasteiger partial charge in [0.1, 0.15) is 0 Å². The molecule has 5 nitrogen and oxygen atoms in total. The van der Waals surface area contributed by atoms with Crippen molar-refractivity contribution in [3.8, 4) is 5.88 Å². The molecule has 0 aromatic carbocycles. The van der Waals surface area contributed by atoms with Crippen LogP contribution in [0.5, 0.6) is 5.88 Å². The number of aromatic nitrogens is 2. The molecule has 0 fully saturated rings. The summed E-state index contributed by atoms with van der Waals surface area (Å²) in [6.45, 7) is 5.01. The van der Waals surface area contributed by atoms with E-state index in [0.717, 1.165) is 6.42 Å². The number of ether oxygens (including phenoxy) is 1. The van der Waals surface area contributed by atoms with Crippen molar-refractivity contribution in [3.05, 3.63) is 21.2 Å². The first-order chi connectivity index (χ1) is 6.74. The zero-order valence-corrected chi connectivity index (χ0v) is 7.99. The average molecular weight is 193 g/mol. The summed E-state index contributed by atoms with van der Waals surface area (Å²) in [6.07, 6.45) is 0.875. The van der Waals surface area contributed by atoms with Gasteiger partial charge in [-0.05, 0) is 6.42 Å². The third kappa shape index (κ3) is 1.21. The Hall–Kier alpha value is -1.65. The minimum atomic E-state index is -0.157. The smallest absolute Gasteiger partial charge is 0.265 e. The van der Waals surface area contributed by atoms with E-state index in [1.165, 1.54) is 11.7 Å². The van der Waals surface area contributed by atoms with Crippen molar-refractivity contribution in [3.63, 3.8) is 0 Å². The highest BCUT2D eigenvalue weighted by atomic mass is 16.5. The maximum absolute atomic E-state index is 11.7. The van der Waals surface area contributed by atoms with Gasteiger partial charge in [0.2, 0.25) is 11.5 Å². The standard InChI is InChI=1S/C9H11N3O2/c1-6-7(14-2)11-9-10-4-3-5-12(9)8(6)13/h1,3-5H2,2H3. The molecule has 0 radical (unpaired) electrons. The van der Waals surface area contributed by atoms with Gasteiger partial charge in [0.05, 0.1) is 12.3 Å². The second-order valence-electron chi connectivity index (χ2n) is 3.09. The van der Waals surface area contributed by atoms with E-state index in [2.05, 4.69) is 16.6 Å². The summed E-state index contributed by atoms with van der Waals surface area (Å²) in [6, 6.07) is 0. The van der Waals surface area contributed by atoms with Gasteiger partial charge in [-0.3, -0.25) is 14.4 Å². The van der Waals surface area contributed by atoms with Crippen molar-refractivity contribution in [2.75, 3.05) is 13.7 Å². The molecular formula is C9H11N3O2. The largest absolute Gasteiger partial charge is 0.480 e. The van der Waals surface area contributed by atoms with Crippen molar-refractivity contribution < 1.29 is 4.74 Å². The molecule has 74 valence electrons. The van der Waals surface area contributed by atoms with Gasteiger partial charge < -0.3 is 4.74 Å². The Morgan fingerprint density at radius 2 is 2.36 bits per heavy atom. The van der Waals surface area contributed by atoms with Crippen molar-refractivity contribution >= 4 is 6.58 Å². The van der Waals surface area contributed by atoms with Gasteiger partial charge >= 0.3 is 0 Å². The second kappa shape index (κ2) is 3.25. The Balaban J connectivity index is 2.84. The predicted molar refractivity (Wildman–Crippen MR) is 50.8 cm³/mol. The molecule has 0 N–H and O–H groups in total. The van der Waals surface area contributed by atoms with Crippen molar-refractivity contribution in [1.29, 1.82) is 0 Å². The van der Waals surface area contributed by atoms with Crippen LogP contribution in [-0.2, 0) is 6.54 Å². The first kappa shape index (κ1) is 8.93. The number of fused-ring (bicyclic) bond motifs is 1. The van der Waals surface area contributed by atoms with Crippen LogP contribution in [0, 0.1) is 0 Å². The van der Waals surface area contributed by atoms with Crippen molar-refractivity contribution in [1.82, 2.24) is 9.55 Å². The average Bonchev–Trinajstić information content (AvgIpc) is 2.23. The number of nitrogens with zero attached hydrogens (tertiary/aromatic N) is 3. The van der Waals surface area contributed by atoms with Gasteiger partial charge in [0.15, 0.2) is 0 Å². The van der Waals surface area contributed by atoms with E-state index in [1.807, 2.05) is 0 Å². The number of hydrogen-bond donors (Lipinski definition) is 0. The topological polar surface area (TPSA) is 56.5 Å². The Labute approximate surface area is 80.4 Å². The monoisotopic (exact) mass is 193 g/mol. The van der Waals surface area contributed by atoms with Crippen LogP contribution < -0.4 is 21.1 Å². The summed E-state index contributed by atoms with van der Waals surface area (Å²) in [4.78, 5) is 20.0. The highest BCUT2D eigenvalue weighted by molar-refractivity contribution is 5.15. The van der Waals surface area contributed by atoms with Crippen molar-refractivity contribution in [2.24, 2.45) is 4.99 Å². The van der Waals surface area contributed by atoms with E-state index in [0.29, 0.717) is 23.9 Å². The molecule has 2 rings (SSSR count). The van der Waals surface area contributed by atoms with Gasteiger partial charge in [-0.1, -0.05) is 6.58 Å². The summed E-state index contributed by atoms with van der Waals surface area (Å²) in [5.74, 6) is 0.270. The van der Waals surface area contributed by atoms with Gasteiger partial charge in [-0.15, -0.1) is 0 Å². The fourth-order valence-electron chi connectivity index (χ4n) is 1.46. The van der Waals surface area contributed by atoms with E-state index < -0.39 is 0 Å². The first-order valence-electron chi connectivity index (χ1n) is 4.42. The van der Waals surface area contributed by atoms with E-state index in [4.69, 9.17) is 4.74 Å². The van der Waals surface area contributed by atoms with Crippen LogP contribution >= 0.6 is 0 Å². The molecule has 1 aliphatic rings. The van der Waals surface area contributed by atoms with Crippen LogP contribution in [-0.4, -0.2) is 23.2 Å². The number of methoxy groups -OCH3 is 1. The Morgan fingerprint density at radius 1 is 1.57 bits per heavy atom. The lowest BCUT2D eigenvalue weighted by atomic mass is 10.3. The summed E-state index contributed by atoms with van der Waals surface area (Å²) in [7, 11) is 1.47. The Bertz CT molecular complexity index is 518. The summed E-state index contributed by atoms with van der Waals surface area (Å²) >= 11 is 0. The molecular weight excluding hydrogens is 182 g/mol. The third-order valence-corrected chi connectivity index (χ3v) is 2.19. The zero-order valence-electron chi connectivity index (χ0n) is 7.99. The quantitative estimate of drug-likeness (QED) is 0.556. The van der Waals surface area contributed by atoms with Gasteiger partial charge in [-0.2, -0.15) is 4.98 Å². The van der Waals surface area contributed by atoms with E-state index in [1.54, 1.807) is 0 Å². The highest BCUT2D eigenvalue weighted by Crippen LogP contribution is 1.92. The maximum Gasteiger partial charge on any atom is 0.265 e. The molecule has 0 amide bonds. The molecule has 1 aromatic rings. The normalized spacial score (nSPS) is 14.4. The predicted octanol–water partition coefficient (Wildman–Crippen LogP) is -1.31. The fraction of sp³-hybridized carbons (Fsp3) is 0.444. The molecule has 0 bridgehead atoms. The van der Waals surface area contributed by atoms with Crippen LogP contribution in [0.2, 0.25) is 0 Å². The fourth-order valence-corrected chi connectivity index (χ4v) is 1.46. The van der Waals surface area contributed by atoms with Gasteiger partial charge in [0.25, 0.3) is 5.56 Å². The molecule has 14 heavy (non-hydrogen) atoms. The van der Waals surface area contributed by atoms with Crippen LogP contribution in [0.4, 0.5) is 0 Å². The van der Waals surface area contributed by atoms with E-state index in [9.17, 15) is 4.79 Å². The Morgan fingerprint density at radius 3 is 3.07 bits per heavy atom. The lowest BCUT2D eigenvalue weighted by molar-refractivity contribution is 0.381. The Kier molecular flexibility index (Phi) is 2.07. The molecule has 0 atom stereocenters. The second-order valence-corrected chi connectivity index (χ2v) is 3.09. The van der Waals surface area contributed by atoms with Crippen LogP contribution in [0.25, 0.3) is 6.58 Å². The lowest BCUT2D eigenvalue weighted by Gasteiger charge is -2.10. The van der Waals surface area contributed by atoms with Gasteiger partial charge in [0, 0.05) is 13.1 Å². The minimum absolute atomic E-state index is 0.157. The third-order valence-electron chi connectivity index (χ3n) is 2.19. The molecule has 1 aliphatic heterocycles. The number of rotatable bonds is 1. The molecule has 5 heteroatoms. The first-order valence-corrected chi connectivity index (χ1v) is 4.42. The molecule has 2 heterocycles. The molecule has 0 aliphatic carbocycles. The molecule has 0 saturated heterocycles. The number of hydrogen-bond acceptors (Lipinski definition) is 4. The van der Waals surface area contributed by atoms with Crippen LogP contribution in [0.15, 0.2) is 9.79 Å². The molecule has 1 aromatic heterocycles. The highest BCUT2D eigenvalue weighted by Gasteiger charge is 2.09. The van der Waals surface area contributed by atoms with Crippen LogP contribution in [0.3, 0.4) is 0 Å². The molecule has 0 unspecified atom stereocenters. The molecule has 0 saturated carbocycles. The van der Waals surface area contributed by atoms with Gasteiger partial charge in [-0.25, -0.2) is 0 Å². The minimum Gasteiger partial charge on any atom is -0.480 e. The van der Waals surface area contributed by atoms with Crippen LogP contribution in [0.1, 0.15) is 6.42 Å². The zero-order chi connectivity index (χ0) is 10.1. The summed E-state index contributed by atoms with van der Waals surface area (Å²) in [5, 5.41) is 0.299. The van der Waals surface area contributed by atoms with E-state index in [-0.39, 0.29) is 11.4 Å². The summed E-state index contributed by atoms with van der Waals surface area (Å²) < 4.78 is 6.48. The molecule has 0 spiro atoms. The maximum atomic E-state index is 11.7. The SMILES string of the molecule is C=c1c(OC)nc2n(c1=O)CCCN=2. The van der Waals surface area contributed by atoms with Crippen molar-refractivity contribution in [2.45, 2.75) is 13.0 Å². The lowest BCUT2D eigenvalue weighted by Crippen LogP contribution is -2.46. The van der Waals surface area contributed by atoms with E-state index >= 15 is 0 Å².